The van der Waals surface area contributed by atoms with E-state index in [1.807, 2.05) is 0 Å². The average Bonchev–Trinajstić information content (AvgIpc) is 2.46. The zero-order valence-electron chi connectivity index (χ0n) is 14.2. The first-order valence-electron chi connectivity index (χ1n) is 8.55. The minimum absolute atomic E-state index is 0.314. The quantitative estimate of drug-likeness (QED) is 0.863. The van der Waals surface area contributed by atoms with Gasteiger partial charge in [0.15, 0.2) is 0 Å². The Bertz CT molecular complexity index is 375. The van der Waals surface area contributed by atoms with Crippen LogP contribution in [0.5, 0.6) is 0 Å². The van der Waals surface area contributed by atoms with Crippen LogP contribution in [0.4, 0.5) is 0 Å². The fourth-order valence-corrected chi connectivity index (χ4v) is 4.18. The molecule has 0 amide bonds. The maximum absolute atomic E-state index is 9.70. The molecule has 4 nitrogen and oxygen atoms in total. The van der Waals surface area contributed by atoms with E-state index in [4.69, 9.17) is 0 Å². The van der Waals surface area contributed by atoms with E-state index in [9.17, 15) is 5.26 Å². The van der Waals surface area contributed by atoms with Crippen LogP contribution in [0.15, 0.2) is 0 Å². The number of nitrogens with zero attached hydrogens (tertiary/aromatic N) is 3. The predicted octanol–water partition coefficient (Wildman–Crippen LogP) is 2.22. The van der Waals surface area contributed by atoms with Gasteiger partial charge in [0.05, 0.1) is 6.07 Å². The predicted molar refractivity (Wildman–Crippen MR) is 87.2 cm³/mol. The van der Waals surface area contributed by atoms with Gasteiger partial charge < -0.3 is 4.90 Å². The molecule has 1 saturated carbocycles. The second-order valence-corrected chi connectivity index (χ2v) is 7.47. The summed E-state index contributed by atoms with van der Waals surface area (Å²) in [4.78, 5) is 5.01. The lowest BCUT2D eigenvalue weighted by Gasteiger charge is -2.45. The number of hydrogen-bond donors (Lipinski definition) is 1. The fourth-order valence-electron chi connectivity index (χ4n) is 4.18. The molecule has 3 unspecified atom stereocenters. The summed E-state index contributed by atoms with van der Waals surface area (Å²) in [5, 5.41) is 13.2. The standard InChI is InChI=1S/C17H32N4/c1-14(2)19-17(13-18)9-5-7-15(11-17)21(4)16-8-6-10-20(3)12-16/h14-16,19H,5-12H2,1-4H3. The van der Waals surface area contributed by atoms with Crippen LogP contribution in [-0.4, -0.2) is 60.6 Å². The van der Waals surface area contributed by atoms with E-state index in [0.29, 0.717) is 18.1 Å². The Morgan fingerprint density at radius 2 is 2.00 bits per heavy atom. The Morgan fingerprint density at radius 1 is 1.29 bits per heavy atom. The smallest absolute Gasteiger partial charge is 0.108 e. The van der Waals surface area contributed by atoms with Gasteiger partial charge in [0.1, 0.15) is 5.54 Å². The van der Waals surface area contributed by atoms with Gasteiger partial charge >= 0.3 is 0 Å². The number of nitrogens with one attached hydrogen (secondary N) is 1. The summed E-state index contributed by atoms with van der Waals surface area (Å²) in [6, 6.07) is 4.16. The lowest BCUT2D eigenvalue weighted by molar-refractivity contribution is 0.0634. The van der Waals surface area contributed by atoms with Crippen LogP contribution >= 0.6 is 0 Å². The Kier molecular flexibility index (Phi) is 5.65. The molecule has 0 spiro atoms. The van der Waals surface area contributed by atoms with Gasteiger partial charge in [-0.25, -0.2) is 0 Å². The van der Waals surface area contributed by atoms with Gasteiger partial charge in [-0.3, -0.25) is 10.2 Å². The van der Waals surface area contributed by atoms with Gasteiger partial charge in [0.2, 0.25) is 0 Å². The molecule has 1 aliphatic carbocycles. The summed E-state index contributed by atoms with van der Waals surface area (Å²) in [5.74, 6) is 0. The van der Waals surface area contributed by atoms with Gasteiger partial charge in [-0.15, -0.1) is 0 Å². The molecule has 1 saturated heterocycles. The van der Waals surface area contributed by atoms with Crippen molar-refractivity contribution in [2.45, 2.75) is 76.0 Å². The van der Waals surface area contributed by atoms with Gasteiger partial charge in [0, 0.05) is 24.7 Å². The molecule has 0 aromatic heterocycles. The number of piperidine rings is 1. The molecule has 0 radical (unpaired) electrons. The minimum atomic E-state index is -0.314. The molecule has 0 aromatic carbocycles. The summed E-state index contributed by atoms with van der Waals surface area (Å²) in [6.07, 6.45) is 6.96. The van der Waals surface area contributed by atoms with Gasteiger partial charge in [-0.2, -0.15) is 5.26 Å². The lowest BCUT2D eigenvalue weighted by Crippen LogP contribution is -2.57. The molecule has 2 aliphatic rings. The number of hydrogen-bond acceptors (Lipinski definition) is 4. The molecule has 21 heavy (non-hydrogen) atoms. The monoisotopic (exact) mass is 292 g/mol. The maximum atomic E-state index is 9.70. The number of nitriles is 1. The first kappa shape index (κ1) is 16.7. The largest absolute Gasteiger partial charge is 0.305 e. The lowest BCUT2D eigenvalue weighted by atomic mass is 9.78. The maximum Gasteiger partial charge on any atom is 0.108 e. The van der Waals surface area contributed by atoms with Crippen molar-refractivity contribution in [2.24, 2.45) is 0 Å². The summed E-state index contributed by atoms with van der Waals surface area (Å²) < 4.78 is 0. The topological polar surface area (TPSA) is 42.3 Å². The van der Waals surface area contributed by atoms with Gasteiger partial charge in [-0.1, -0.05) is 0 Å². The molecule has 1 N–H and O–H groups in total. The Hall–Kier alpha value is -0.630. The van der Waals surface area contributed by atoms with Crippen molar-refractivity contribution in [2.75, 3.05) is 27.2 Å². The highest BCUT2D eigenvalue weighted by molar-refractivity contribution is 5.12. The molecule has 0 aromatic rings. The van der Waals surface area contributed by atoms with E-state index >= 15 is 0 Å². The molecule has 1 aliphatic heterocycles. The average molecular weight is 292 g/mol. The van der Waals surface area contributed by atoms with Crippen LogP contribution in [0.2, 0.25) is 0 Å². The molecule has 4 heteroatoms. The Balaban J connectivity index is 2.01. The van der Waals surface area contributed by atoms with E-state index in [1.54, 1.807) is 0 Å². The van der Waals surface area contributed by atoms with Crippen molar-refractivity contribution in [1.29, 1.82) is 5.26 Å². The van der Waals surface area contributed by atoms with Crippen molar-refractivity contribution in [3.05, 3.63) is 0 Å². The Labute approximate surface area is 130 Å². The molecular formula is C17H32N4. The third-order valence-electron chi connectivity index (χ3n) is 5.26. The molecule has 0 bridgehead atoms. The van der Waals surface area contributed by atoms with Gasteiger partial charge in [0.25, 0.3) is 0 Å². The molecule has 2 fully saturated rings. The van der Waals surface area contributed by atoms with E-state index in [-0.39, 0.29) is 5.54 Å². The molecular weight excluding hydrogens is 260 g/mol. The van der Waals surface area contributed by atoms with Crippen molar-refractivity contribution in [3.8, 4) is 6.07 Å². The number of likely N-dealkylation sites (tertiary alicyclic amines) is 1. The van der Waals surface area contributed by atoms with Crippen LogP contribution in [0.25, 0.3) is 0 Å². The van der Waals surface area contributed by atoms with Crippen molar-refractivity contribution >= 4 is 0 Å². The first-order valence-corrected chi connectivity index (χ1v) is 8.55. The van der Waals surface area contributed by atoms with E-state index in [1.165, 1.54) is 32.4 Å². The third-order valence-corrected chi connectivity index (χ3v) is 5.26. The van der Waals surface area contributed by atoms with Crippen LogP contribution in [0.3, 0.4) is 0 Å². The summed E-state index contributed by atoms with van der Waals surface area (Å²) >= 11 is 0. The van der Waals surface area contributed by atoms with Crippen LogP contribution in [-0.2, 0) is 0 Å². The normalized spacial score (nSPS) is 35.1. The van der Waals surface area contributed by atoms with Crippen LogP contribution in [0.1, 0.15) is 52.4 Å². The summed E-state index contributed by atoms with van der Waals surface area (Å²) in [6.45, 7) is 6.68. The molecule has 2 rings (SSSR count). The number of likely N-dealkylation sites (N-methyl/N-ethyl adjacent to an activating group) is 2. The fraction of sp³-hybridized carbons (Fsp3) is 0.941. The second-order valence-electron chi connectivity index (χ2n) is 7.47. The molecule has 1 heterocycles. The van der Waals surface area contributed by atoms with E-state index in [0.717, 1.165) is 19.3 Å². The van der Waals surface area contributed by atoms with E-state index in [2.05, 4.69) is 49.1 Å². The highest BCUT2D eigenvalue weighted by Gasteiger charge is 2.39. The van der Waals surface area contributed by atoms with Crippen molar-refractivity contribution < 1.29 is 0 Å². The highest BCUT2D eigenvalue weighted by Crippen LogP contribution is 2.32. The van der Waals surface area contributed by atoms with Crippen molar-refractivity contribution in [3.63, 3.8) is 0 Å². The van der Waals surface area contributed by atoms with Gasteiger partial charge in [-0.05, 0) is 73.0 Å². The van der Waals surface area contributed by atoms with Crippen molar-refractivity contribution in [1.82, 2.24) is 15.1 Å². The van der Waals surface area contributed by atoms with Crippen LogP contribution in [0, 0.1) is 11.3 Å². The highest BCUT2D eigenvalue weighted by atomic mass is 15.2. The molecule has 120 valence electrons. The second kappa shape index (κ2) is 7.09. The zero-order valence-corrected chi connectivity index (χ0v) is 14.2. The summed E-state index contributed by atoms with van der Waals surface area (Å²) in [7, 11) is 4.50. The third kappa shape index (κ3) is 4.18. The van der Waals surface area contributed by atoms with Crippen LogP contribution < -0.4 is 5.32 Å². The van der Waals surface area contributed by atoms with E-state index < -0.39 is 0 Å². The zero-order chi connectivity index (χ0) is 15.5. The minimum Gasteiger partial charge on any atom is -0.305 e. The summed E-state index contributed by atoms with van der Waals surface area (Å²) in [5.41, 5.74) is -0.314. The SMILES string of the molecule is CC(C)NC1(C#N)CCCC(N(C)C2CCCN(C)C2)C1. The first-order chi connectivity index (χ1) is 9.96. The number of rotatable bonds is 4. The molecule has 3 atom stereocenters. The Morgan fingerprint density at radius 3 is 2.62 bits per heavy atom.